The second-order valence-corrected chi connectivity index (χ2v) is 7.51. The topological polar surface area (TPSA) is 4.93 Å². The summed E-state index contributed by atoms with van der Waals surface area (Å²) in [5, 5.41) is 2.75. The van der Waals surface area contributed by atoms with E-state index < -0.39 is 0 Å². The number of nitrogens with zero attached hydrogens (tertiary/aromatic N) is 1. The second-order valence-electron chi connectivity index (χ2n) is 7.51. The lowest BCUT2D eigenvalue weighted by Crippen LogP contribution is -1.94. The Hall–Kier alpha value is -3.32. The normalized spacial score (nSPS) is 12.5. The van der Waals surface area contributed by atoms with Crippen LogP contribution in [0.2, 0.25) is 0 Å². The molecule has 128 valence electrons. The molecule has 4 aromatic carbocycles. The predicted octanol–water partition coefficient (Wildman–Crippen LogP) is 6.66. The van der Waals surface area contributed by atoms with Crippen LogP contribution in [-0.2, 0) is 6.42 Å². The minimum absolute atomic E-state index is 1.02. The number of aryl methyl sites for hydroxylation is 1. The van der Waals surface area contributed by atoms with E-state index in [1.807, 2.05) is 0 Å². The fourth-order valence-corrected chi connectivity index (χ4v) is 4.67. The van der Waals surface area contributed by atoms with E-state index in [4.69, 9.17) is 0 Å². The van der Waals surface area contributed by atoms with Crippen LogP contribution >= 0.6 is 0 Å². The smallest absolute Gasteiger partial charge is 0.0544 e. The Kier molecular flexibility index (Phi) is 2.93. The van der Waals surface area contributed by atoms with Crippen LogP contribution in [0.3, 0.4) is 0 Å². The van der Waals surface area contributed by atoms with Crippen LogP contribution in [0.1, 0.15) is 16.7 Å². The maximum absolute atomic E-state index is 2.41. The van der Waals surface area contributed by atoms with Crippen molar-refractivity contribution in [3.63, 3.8) is 0 Å². The largest absolute Gasteiger partial charge is 0.309 e. The van der Waals surface area contributed by atoms with Crippen LogP contribution in [0.25, 0.3) is 38.6 Å². The fraction of sp³-hybridized carbons (Fsp3) is 0.0769. The Balaban J connectivity index is 1.75. The number of fused-ring (bicyclic) bond motifs is 7. The molecule has 0 spiro atoms. The van der Waals surface area contributed by atoms with Crippen molar-refractivity contribution < 1.29 is 0 Å². The summed E-state index contributed by atoms with van der Waals surface area (Å²) in [6.45, 7) is 2.14. The summed E-state index contributed by atoms with van der Waals surface area (Å²) in [6.07, 6.45) is 1.02. The van der Waals surface area contributed by atoms with Crippen molar-refractivity contribution in [1.29, 1.82) is 0 Å². The second kappa shape index (κ2) is 5.34. The molecule has 1 heteroatoms. The van der Waals surface area contributed by atoms with Gasteiger partial charge in [0, 0.05) is 16.5 Å². The highest BCUT2D eigenvalue weighted by molar-refractivity contribution is 6.13. The van der Waals surface area contributed by atoms with Gasteiger partial charge in [-0.15, -0.1) is 0 Å². The first-order valence-electron chi connectivity index (χ1n) is 9.51. The van der Waals surface area contributed by atoms with Gasteiger partial charge in [-0.2, -0.15) is 0 Å². The Morgan fingerprint density at radius 1 is 0.667 bits per heavy atom. The first-order valence-corrected chi connectivity index (χ1v) is 9.51. The molecule has 0 saturated carbocycles. The van der Waals surface area contributed by atoms with E-state index in [1.54, 1.807) is 0 Å². The molecule has 1 heterocycles. The zero-order valence-corrected chi connectivity index (χ0v) is 15.2. The molecule has 0 aliphatic heterocycles. The Bertz CT molecular complexity index is 1340. The lowest BCUT2D eigenvalue weighted by atomic mass is 10.0. The molecule has 0 saturated heterocycles. The lowest BCUT2D eigenvalue weighted by Gasteiger charge is -2.09. The van der Waals surface area contributed by atoms with Gasteiger partial charge in [0.1, 0.15) is 0 Å². The molecule has 0 atom stereocenters. The highest BCUT2D eigenvalue weighted by atomic mass is 15.0. The summed E-state index contributed by atoms with van der Waals surface area (Å²) >= 11 is 0. The Morgan fingerprint density at radius 3 is 2.33 bits per heavy atom. The maximum Gasteiger partial charge on any atom is 0.0544 e. The third-order valence-corrected chi connectivity index (χ3v) is 5.91. The molecular formula is C26H19N. The molecule has 0 amide bonds. The van der Waals surface area contributed by atoms with Gasteiger partial charge in [-0.25, -0.2) is 0 Å². The average molecular weight is 345 g/mol. The van der Waals surface area contributed by atoms with Crippen molar-refractivity contribution in [2.24, 2.45) is 0 Å². The van der Waals surface area contributed by atoms with Crippen molar-refractivity contribution >= 4 is 21.8 Å². The molecule has 5 aromatic rings. The molecular weight excluding hydrogens is 326 g/mol. The van der Waals surface area contributed by atoms with Gasteiger partial charge in [0.2, 0.25) is 0 Å². The summed E-state index contributed by atoms with van der Waals surface area (Å²) in [4.78, 5) is 0. The fourth-order valence-electron chi connectivity index (χ4n) is 4.67. The average Bonchev–Trinajstić information content (AvgIpc) is 3.24. The standard InChI is InChI=1S/C26H19N/c1-17-10-12-19(13-11-17)27-24-9-5-4-8-22(24)26-23-16-18-6-2-3-7-20(18)21(23)14-15-25(26)27/h2-15H,16H2,1H3. The van der Waals surface area contributed by atoms with E-state index in [1.165, 1.54) is 55.3 Å². The van der Waals surface area contributed by atoms with E-state index in [-0.39, 0.29) is 0 Å². The quantitative estimate of drug-likeness (QED) is 0.314. The molecule has 1 aromatic heterocycles. The highest BCUT2D eigenvalue weighted by Gasteiger charge is 2.23. The van der Waals surface area contributed by atoms with Gasteiger partial charge in [0.25, 0.3) is 0 Å². The van der Waals surface area contributed by atoms with Crippen molar-refractivity contribution in [2.45, 2.75) is 13.3 Å². The molecule has 27 heavy (non-hydrogen) atoms. The summed E-state index contributed by atoms with van der Waals surface area (Å²) in [5.74, 6) is 0. The van der Waals surface area contributed by atoms with Crippen LogP contribution in [0.5, 0.6) is 0 Å². The zero-order valence-electron chi connectivity index (χ0n) is 15.2. The summed E-state index contributed by atoms with van der Waals surface area (Å²) in [7, 11) is 0. The van der Waals surface area contributed by atoms with Gasteiger partial charge in [-0.3, -0.25) is 0 Å². The Labute approximate surface area is 158 Å². The zero-order chi connectivity index (χ0) is 18.0. The third kappa shape index (κ3) is 2.00. The number of benzene rings is 4. The molecule has 1 aliphatic carbocycles. The van der Waals surface area contributed by atoms with Gasteiger partial charge in [-0.1, -0.05) is 66.2 Å². The number of aromatic nitrogens is 1. The molecule has 0 unspecified atom stereocenters. The number of rotatable bonds is 1. The van der Waals surface area contributed by atoms with Crippen LogP contribution < -0.4 is 0 Å². The van der Waals surface area contributed by atoms with Gasteiger partial charge in [0.05, 0.1) is 11.0 Å². The van der Waals surface area contributed by atoms with E-state index in [2.05, 4.69) is 96.4 Å². The van der Waals surface area contributed by atoms with Gasteiger partial charge in [0.15, 0.2) is 0 Å². The number of hydrogen-bond acceptors (Lipinski definition) is 0. The van der Waals surface area contributed by atoms with E-state index in [0.717, 1.165) is 6.42 Å². The van der Waals surface area contributed by atoms with Crippen LogP contribution in [0.15, 0.2) is 84.9 Å². The monoisotopic (exact) mass is 345 g/mol. The van der Waals surface area contributed by atoms with E-state index in [9.17, 15) is 0 Å². The third-order valence-electron chi connectivity index (χ3n) is 5.91. The van der Waals surface area contributed by atoms with Crippen LogP contribution in [0.4, 0.5) is 0 Å². The molecule has 0 N–H and O–H groups in total. The Morgan fingerprint density at radius 2 is 1.44 bits per heavy atom. The van der Waals surface area contributed by atoms with E-state index >= 15 is 0 Å². The van der Waals surface area contributed by atoms with Crippen molar-refractivity contribution in [3.05, 3.63) is 102 Å². The van der Waals surface area contributed by atoms with Gasteiger partial charge in [-0.05, 0) is 59.9 Å². The van der Waals surface area contributed by atoms with Crippen LogP contribution in [-0.4, -0.2) is 4.57 Å². The minimum atomic E-state index is 1.02. The molecule has 0 bridgehead atoms. The van der Waals surface area contributed by atoms with E-state index in [0.29, 0.717) is 0 Å². The van der Waals surface area contributed by atoms with Crippen molar-refractivity contribution in [2.75, 3.05) is 0 Å². The van der Waals surface area contributed by atoms with Gasteiger partial charge < -0.3 is 4.57 Å². The SMILES string of the molecule is Cc1ccc(-n2c3ccccc3c3c4c(ccc32)-c2ccccc2C4)cc1. The summed E-state index contributed by atoms with van der Waals surface area (Å²) in [5.41, 5.74) is 10.8. The molecule has 1 aliphatic rings. The van der Waals surface area contributed by atoms with Crippen molar-refractivity contribution in [1.82, 2.24) is 4.57 Å². The first kappa shape index (κ1) is 14.8. The predicted molar refractivity (Wildman–Crippen MR) is 114 cm³/mol. The molecule has 1 nitrogen and oxygen atoms in total. The minimum Gasteiger partial charge on any atom is -0.309 e. The van der Waals surface area contributed by atoms with Crippen molar-refractivity contribution in [3.8, 4) is 16.8 Å². The van der Waals surface area contributed by atoms with Gasteiger partial charge >= 0.3 is 0 Å². The summed E-state index contributed by atoms with van der Waals surface area (Å²) < 4.78 is 2.41. The highest BCUT2D eigenvalue weighted by Crippen LogP contribution is 2.44. The van der Waals surface area contributed by atoms with Crippen LogP contribution in [0, 0.1) is 6.92 Å². The molecule has 0 radical (unpaired) electrons. The maximum atomic E-state index is 2.41. The summed E-state index contributed by atoms with van der Waals surface area (Å²) in [6, 6.07) is 31.1. The molecule has 0 fully saturated rings. The number of hydrogen-bond donors (Lipinski definition) is 0. The molecule has 6 rings (SSSR count). The first-order chi connectivity index (χ1) is 13.3. The number of para-hydroxylation sites is 1. The lowest BCUT2D eigenvalue weighted by molar-refractivity contribution is 1.17.